The molecule has 2 aliphatic heterocycles. The number of rotatable bonds is 2. The van der Waals surface area contributed by atoms with Crippen LogP contribution < -0.4 is 4.90 Å². The Morgan fingerprint density at radius 3 is 2.60 bits per heavy atom. The van der Waals surface area contributed by atoms with Crippen molar-refractivity contribution in [3.63, 3.8) is 0 Å². The summed E-state index contributed by atoms with van der Waals surface area (Å²) in [6.45, 7) is 2.00. The summed E-state index contributed by atoms with van der Waals surface area (Å²) in [7, 11) is 0. The minimum Gasteiger partial charge on any atom is -0.352 e. The van der Waals surface area contributed by atoms with Crippen LogP contribution in [0.2, 0.25) is 0 Å². The quantitative estimate of drug-likeness (QED) is 0.841. The summed E-state index contributed by atoms with van der Waals surface area (Å²) in [6, 6.07) is 8.66. The van der Waals surface area contributed by atoms with Crippen LogP contribution in [-0.2, 0) is 0 Å². The Morgan fingerprint density at radius 1 is 1.08 bits per heavy atom. The van der Waals surface area contributed by atoms with Crippen molar-refractivity contribution in [2.45, 2.75) is 18.9 Å². The van der Waals surface area contributed by atoms with Crippen LogP contribution in [-0.4, -0.2) is 41.5 Å². The van der Waals surface area contributed by atoms with E-state index in [0.717, 1.165) is 19.4 Å². The topological polar surface area (TPSA) is 36.4 Å². The first-order valence-electron chi connectivity index (χ1n) is 8.55. The van der Waals surface area contributed by atoms with Crippen molar-refractivity contribution in [3.8, 4) is 0 Å². The molecule has 4 rings (SSSR count). The maximum Gasteiger partial charge on any atom is 0.254 e. The molecule has 2 aliphatic rings. The lowest BCUT2D eigenvalue weighted by atomic mass is 9.92. The van der Waals surface area contributed by atoms with E-state index in [2.05, 4.69) is 4.98 Å². The van der Waals surface area contributed by atoms with Gasteiger partial charge in [-0.1, -0.05) is 0 Å². The molecule has 130 valence electrons. The van der Waals surface area contributed by atoms with Crippen LogP contribution in [0.3, 0.4) is 0 Å². The number of aromatic nitrogens is 1. The lowest BCUT2D eigenvalue weighted by molar-refractivity contribution is 0.0712. The third-order valence-corrected chi connectivity index (χ3v) is 5.25. The van der Waals surface area contributed by atoms with Crippen molar-refractivity contribution in [3.05, 3.63) is 59.8 Å². The second kappa shape index (κ2) is 6.43. The van der Waals surface area contributed by atoms with E-state index in [4.69, 9.17) is 0 Å². The molecule has 2 atom stereocenters. The number of fused-ring (bicyclic) bond motifs is 1. The van der Waals surface area contributed by atoms with Crippen LogP contribution in [0, 0.1) is 17.6 Å². The van der Waals surface area contributed by atoms with Gasteiger partial charge in [-0.3, -0.25) is 4.79 Å². The smallest absolute Gasteiger partial charge is 0.254 e. The highest BCUT2D eigenvalue weighted by Gasteiger charge is 2.41. The summed E-state index contributed by atoms with van der Waals surface area (Å²) < 4.78 is 27.2. The molecule has 1 aromatic heterocycles. The Morgan fingerprint density at radius 2 is 1.84 bits per heavy atom. The van der Waals surface area contributed by atoms with Gasteiger partial charge in [0.2, 0.25) is 0 Å². The zero-order chi connectivity index (χ0) is 17.4. The fourth-order valence-electron chi connectivity index (χ4n) is 3.95. The van der Waals surface area contributed by atoms with Gasteiger partial charge < -0.3 is 9.80 Å². The molecular weight excluding hydrogens is 324 g/mol. The predicted molar refractivity (Wildman–Crippen MR) is 90.4 cm³/mol. The summed E-state index contributed by atoms with van der Waals surface area (Å²) in [5.74, 6) is -0.00836. The lowest BCUT2D eigenvalue weighted by Crippen LogP contribution is -2.50. The Bertz CT molecular complexity index is 780. The van der Waals surface area contributed by atoms with Gasteiger partial charge in [-0.05, 0) is 55.2 Å². The van der Waals surface area contributed by atoms with E-state index in [0.29, 0.717) is 30.4 Å². The van der Waals surface area contributed by atoms with Crippen LogP contribution in [0.15, 0.2) is 42.6 Å². The number of carbonyl (C=O) groups is 1. The van der Waals surface area contributed by atoms with Gasteiger partial charge in [0.15, 0.2) is 11.6 Å². The lowest BCUT2D eigenvalue weighted by Gasteiger charge is -2.39. The number of pyridine rings is 1. The van der Waals surface area contributed by atoms with Crippen molar-refractivity contribution in [2.24, 2.45) is 5.92 Å². The molecule has 3 heterocycles. The molecule has 25 heavy (non-hydrogen) atoms. The van der Waals surface area contributed by atoms with Gasteiger partial charge >= 0.3 is 0 Å². The number of halogens is 2. The molecule has 0 bridgehead atoms. The van der Waals surface area contributed by atoms with Crippen LogP contribution in [0.5, 0.6) is 0 Å². The minimum absolute atomic E-state index is 0.0349. The summed E-state index contributed by atoms with van der Waals surface area (Å²) in [6.07, 6.45) is 3.45. The summed E-state index contributed by atoms with van der Waals surface area (Å²) in [5, 5.41) is 0. The predicted octanol–water partition coefficient (Wildman–Crippen LogP) is 3.10. The van der Waals surface area contributed by atoms with E-state index in [1.807, 2.05) is 9.80 Å². The molecule has 0 saturated carbocycles. The van der Waals surface area contributed by atoms with Crippen molar-refractivity contribution < 1.29 is 13.6 Å². The van der Waals surface area contributed by atoms with E-state index in [9.17, 15) is 13.6 Å². The maximum absolute atomic E-state index is 14.1. The average molecular weight is 343 g/mol. The van der Waals surface area contributed by atoms with Gasteiger partial charge in [0, 0.05) is 31.4 Å². The monoisotopic (exact) mass is 343 g/mol. The van der Waals surface area contributed by atoms with Crippen molar-refractivity contribution >= 4 is 11.7 Å². The van der Waals surface area contributed by atoms with Crippen molar-refractivity contribution in [2.75, 3.05) is 24.5 Å². The first-order valence-corrected chi connectivity index (χ1v) is 8.55. The number of likely N-dealkylation sites (tertiary alicyclic amines) is 1. The highest BCUT2D eigenvalue weighted by molar-refractivity contribution is 5.94. The average Bonchev–Trinajstić information content (AvgIpc) is 3.05. The third kappa shape index (κ3) is 2.97. The third-order valence-electron chi connectivity index (χ3n) is 5.25. The molecule has 1 aromatic carbocycles. The second-order valence-corrected chi connectivity index (χ2v) is 6.67. The largest absolute Gasteiger partial charge is 0.352 e. The summed E-state index contributed by atoms with van der Waals surface area (Å²) in [5.41, 5.74) is 0.489. The fraction of sp³-hybridized carbons (Fsp3) is 0.368. The Kier molecular flexibility index (Phi) is 4.11. The first-order chi connectivity index (χ1) is 12.1. The number of hydrogen-bond donors (Lipinski definition) is 0. The second-order valence-electron chi connectivity index (χ2n) is 6.67. The molecule has 0 radical (unpaired) electrons. The summed E-state index contributed by atoms with van der Waals surface area (Å²) >= 11 is 0. The molecule has 0 spiro atoms. The van der Waals surface area contributed by atoms with Crippen molar-refractivity contribution in [1.29, 1.82) is 0 Å². The minimum atomic E-state index is -0.356. The number of anilines is 1. The van der Waals surface area contributed by atoms with E-state index in [1.54, 1.807) is 12.3 Å². The van der Waals surface area contributed by atoms with Gasteiger partial charge in [-0.15, -0.1) is 0 Å². The highest BCUT2D eigenvalue weighted by Crippen LogP contribution is 2.34. The van der Waals surface area contributed by atoms with Crippen molar-refractivity contribution in [1.82, 2.24) is 9.88 Å². The number of amides is 1. The maximum atomic E-state index is 14.1. The number of carbonyl (C=O) groups excluding carboxylic acids is 1. The number of nitrogens with zero attached hydrogens (tertiary/aromatic N) is 3. The molecule has 0 N–H and O–H groups in total. The van der Waals surface area contributed by atoms with Gasteiger partial charge in [0.05, 0.1) is 6.04 Å². The normalized spacial score (nSPS) is 22.8. The Balaban J connectivity index is 1.55. The van der Waals surface area contributed by atoms with Gasteiger partial charge in [0.1, 0.15) is 5.82 Å². The van der Waals surface area contributed by atoms with E-state index < -0.39 is 0 Å². The molecule has 2 aromatic rings. The fourth-order valence-corrected chi connectivity index (χ4v) is 3.95. The Hall–Kier alpha value is -2.50. The van der Waals surface area contributed by atoms with E-state index in [-0.39, 0.29) is 23.6 Å². The van der Waals surface area contributed by atoms with E-state index >= 15 is 0 Å². The molecular formula is C19H19F2N3O. The number of benzene rings is 1. The molecule has 4 nitrogen and oxygen atoms in total. The zero-order valence-electron chi connectivity index (χ0n) is 13.7. The molecule has 2 unspecified atom stereocenters. The SMILES string of the molecule is O=C(c1ccc(F)cc1)N1CCC2CCN(c3ncccc3F)CC21. The first kappa shape index (κ1) is 16.0. The van der Waals surface area contributed by atoms with Gasteiger partial charge in [0.25, 0.3) is 5.91 Å². The Labute approximate surface area is 145 Å². The van der Waals surface area contributed by atoms with Crippen LogP contribution in [0.4, 0.5) is 14.6 Å². The number of piperidine rings is 1. The van der Waals surface area contributed by atoms with Crippen LogP contribution >= 0.6 is 0 Å². The highest BCUT2D eigenvalue weighted by atomic mass is 19.1. The number of hydrogen-bond acceptors (Lipinski definition) is 3. The van der Waals surface area contributed by atoms with E-state index in [1.165, 1.54) is 30.3 Å². The molecule has 0 aliphatic carbocycles. The van der Waals surface area contributed by atoms with Crippen LogP contribution in [0.25, 0.3) is 0 Å². The summed E-state index contributed by atoms with van der Waals surface area (Å²) in [4.78, 5) is 20.8. The molecule has 2 saturated heterocycles. The molecule has 6 heteroatoms. The van der Waals surface area contributed by atoms with Gasteiger partial charge in [-0.2, -0.15) is 0 Å². The standard InChI is InChI=1S/C19H19F2N3O/c20-15-5-3-14(4-6-15)19(25)24-11-8-13-7-10-23(12-17(13)24)18-16(21)2-1-9-22-18/h1-6,9,13,17H,7-8,10-12H2. The van der Waals surface area contributed by atoms with Crippen LogP contribution in [0.1, 0.15) is 23.2 Å². The molecule has 2 fully saturated rings. The zero-order valence-corrected chi connectivity index (χ0v) is 13.7. The molecule has 1 amide bonds. The van der Waals surface area contributed by atoms with Gasteiger partial charge in [-0.25, -0.2) is 13.8 Å².